The molecule has 0 unspecified atom stereocenters. The predicted molar refractivity (Wildman–Crippen MR) is 68.1 cm³/mol. The molecule has 16 heavy (non-hydrogen) atoms. The Morgan fingerprint density at radius 1 is 1.38 bits per heavy atom. The van der Waals surface area contributed by atoms with E-state index in [9.17, 15) is 0 Å². The summed E-state index contributed by atoms with van der Waals surface area (Å²) < 4.78 is 11.0. The van der Waals surface area contributed by atoms with E-state index >= 15 is 0 Å². The van der Waals surface area contributed by atoms with Crippen molar-refractivity contribution >= 4 is 17.3 Å². The molecule has 0 aromatic rings. The van der Waals surface area contributed by atoms with Crippen LogP contribution < -0.4 is 10.6 Å². The number of hydrogen-bond acceptors (Lipinski definition) is 3. The fraction of sp³-hybridized carbons (Fsp3) is 0.909. The van der Waals surface area contributed by atoms with E-state index in [1.54, 1.807) is 0 Å². The molecule has 4 nitrogen and oxygen atoms in total. The van der Waals surface area contributed by atoms with Crippen molar-refractivity contribution in [1.82, 2.24) is 10.6 Å². The van der Waals surface area contributed by atoms with Gasteiger partial charge in [0.05, 0.1) is 6.10 Å². The minimum atomic E-state index is -0.167. The molecule has 1 aliphatic heterocycles. The van der Waals surface area contributed by atoms with Gasteiger partial charge in [-0.3, -0.25) is 0 Å². The van der Waals surface area contributed by atoms with Crippen molar-refractivity contribution in [2.24, 2.45) is 0 Å². The van der Waals surface area contributed by atoms with Crippen molar-refractivity contribution in [1.29, 1.82) is 0 Å². The van der Waals surface area contributed by atoms with E-state index in [-0.39, 0.29) is 18.6 Å². The zero-order valence-corrected chi connectivity index (χ0v) is 11.1. The highest BCUT2D eigenvalue weighted by Crippen LogP contribution is 2.15. The van der Waals surface area contributed by atoms with Gasteiger partial charge in [-0.15, -0.1) is 0 Å². The lowest BCUT2D eigenvalue weighted by atomic mass is 10.2. The fourth-order valence-electron chi connectivity index (χ4n) is 1.67. The molecule has 2 N–H and O–H groups in total. The Morgan fingerprint density at radius 2 is 2.12 bits per heavy atom. The molecule has 0 saturated carbocycles. The van der Waals surface area contributed by atoms with Crippen molar-refractivity contribution in [3.63, 3.8) is 0 Å². The quantitative estimate of drug-likeness (QED) is 0.584. The third kappa shape index (κ3) is 5.09. The highest BCUT2D eigenvalue weighted by molar-refractivity contribution is 7.80. The molecule has 1 rings (SSSR count). The first-order valence-corrected chi connectivity index (χ1v) is 6.38. The molecule has 0 bridgehead atoms. The highest BCUT2D eigenvalue weighted by Gasteiger charge is 2.24. The van der Waals surface area contributed by atoms with E-state index in [0.717, 1.165) is 25.8 Å². The largest absolute Gasteiger partial charge is 0.363 e. The van der Waals surface area contributed by atoms with Crippen LogP contribution in [0.15, 0.2) is 0 Å². The second-order valence-corrected chi connectivity index (χ2v) is 4.54. The Balaban J connectivity index is 2.22. The molecule has 1 heterocycles. The molecular weight excluding hydrogens is 224 g/mol. The van der Waals surface area contributed by atoms with Gasteiger partial charge < -0.3 is 20.1 Å². The van der Waals surface area contributed by atoms with Crippen molar-refractivity contribution in [2.75, 3.05) is 6.54 Å². The highest BCUT2D eigenvalue weighted by atomic mass is 32.1. The first-order valence-electron chi connectivity index (χ1n) is 5.97. The maximum atomic E-state index is 5.57. The number of thiocarbonyl (C=S) groups is 1. The van der Waals surface area contributed by atoms with Gasteiger partial charge in [-0.25, -0.2) is 0 Å². The first kappa shape index (κ1) is 13.7. The second-order valence-electron chi connectivity index (χ2n) is 4.13. The Labute approximate surface area is 103 Å². The molecular formula is C11H22N2O2S. The summed E-state index contributed by atoms with van der Waals surface area (Å²) in [4.78, 5) is 0. The molecule has 0 spiro atoms. The van der Waals surface area contributed by atoms with Gasteiger partial charge in [-0.2, -0.15) is 0 Å². The molecule has 5 heteroatoms. The van der Waals surface area contributed by atoms with E-state index in [1.807, 2.05) is 13.8 Å². The molecule has 94 valence electrons. The third-order valence-corrected chi connectivity index (χ3v) is 2.70. The van der Waals surface area contributed by atoms with Crippen LogP contribution in [0.25, 0.3) is 0 Å². The van der Waals surface area contributed by atoms with Gasteiger partial charge in [0.15, 0.2) is 11.4 Å². The van der Waals surface area contributed by atoms with Crippen molar-refractivity contribution < 1.29 is 9.47 Å². The van der Waals surface area contributed by atoms with Crippen LogP contribution in [0.2, 0.25) is 0 Å². The Bertz CT molecular complexity index is 216. The third-order valence-electron chi connectivity index (χ3n) is 2.43. The minimum Gasteiger partial charge on any atom is -0.363 e. The van der Waals surface area contributed by atoms with Gasteiger partial charge in [0, 0.05) is 13.0 Å². The monoisotopic (exact) mass is 246 g/mol. The predicted octanol–water partition coefficient (Wildman–Crippen LogP) is 1.75. The van der Waals surface area contributed by atoms with Crippen molar-refractivity contribution in [2.45, 2.75) is 58.7 Å². The molecule has 0 amide bonds. The number of unbranched alkanes of at least 4 members (excludes halogenated alkanes) is 1. The molecule has 3 atom stereocenters. The average Bonchev–Trinajstić information content (AvgIpc) is 2.16. The van der Waals surface area contributed by atoms with E-state index < -0.39 is 0 Å². The van der Waals surface area contributed by atoms with Crippen LogP contribution in [0.4, 0.5) is 0 Å². The van der Waals surface area contributed by atoms with Crippen LogP contribution in [0.5, 0.6) is 0 Å². The summed E-state index contributed by atoms with van der Waals surface area (Å²) in [6.07, 6.45) is 3.11. The fourth-order valence-corrected chi connectivity index (χ4v) is 1.91. The van der Waals surface area contributed by atoms with Gasteiger partial charge in [0.25, 0.3) is 0 Å². The number of rotatable bonds is 4. The zero-order valence-electron chi connectivity index (χ0n) is 10.3. The van der Waals surface area contributed by atoms with Crippen LogP contribution >= 0.6 is 12.2 Å². The van der Waals surface area contributed by atoms with Crippen LogP contribution in [0.3, 0.4) is 0 Å². The zero-order chi connectivity index (χ0) is 12.0. The number of ether oxygens (including phenoxy) is 2. The van der Waals surface area contributed by atoms with E-state index in [2.05, 4.69) is 17.6 Å². The summed E-state index contributed by atoms with van der Waals surface area (Å²) in [5, 5.41) is 6.98. The average molecular weight is 246 g/mol. The smallest absolute Gasteiger partial charge is 0.168 e. The molecule has 0 radical (unpaired) electrons. The summed E-state index contributed by atoms with van der Waals surface area (Å²) in [5.41, 5.74) is 0. The lowest BCUT2D eigenvalue weighted by molar-refractivity contribution is -0.232. The maximum Gasteiger partial charge on any atom is 0.168 e. The summed E-state index contributed by atoms with van der Waals surface area (Å²) >= 11 is 5.18. The van der Waals surface area contributed by atoms with E-state index in [1.165, 1.54) is 0 Å². The summed E-state index contributed by atoms with van der Waals surface area (Å²) in [5.74, 6) is 0. The minimum absolute atomic E-state index is 0.0413. The van der Waals surface area contributed by atoms with Crippen LogP contribution in [0, 0.1) is 0 Å². The molecule has 1 saturated heterocycles. The van der Waals surface area contributed by atoms with Crippen LogP contribution in [-0.4, -0.2) is 30.3 Å². The SMILES string of the molecule is CCCCNC(=S)N[C@H]1C[C@@H](C)O[C@@H](C)O1. The molecule has 1 aliphatic rings. The Morgan fingerprint density at radius 3 is 2.75 bits per heavy atom. The van der Waals surface area contributed by atoms with Crippen LogP contribution in [-0.2, 0) is 9.47 Å². The first-order chi connectivity index (χ1) is 7.61. The maximum absolute atomic E-state index is 5.57. The topological polar surface area (TPSA) is 42.5 Å². The van der Waals surface area contributed by atoms with Crippen LogP contribution in [0.1, 0.15) is 40.0 Å². The van der Waals surface area contributed by atoms with E-state index in [4.69, 9.17) is 21.7 Å². The van der Waals surface area contributed by atoms with Gasteiger partial charge in [-0.1, -0.05) is 13.3 Å². The normalized spacial score (nSPS) is 29.8. The standard InChI is InChI=1S/C11H22N2O2S/c1-4-5-6-12-11(16)13-10-7-8(2)14-9(3)15-10/h8-10H,4-7H2,1-3H3,(H2,12,13,16)/t8-,9-,10-/m1/s1. The lowest BCUT2D eigenvalue weighted by Crippen LogP contribution is -2.49. The van der Waals surface area contributed by atoms with Gasteiger partial charge in [-0.05, 0) is 32.5 Å². The van der Waals surface area contributed by atoms with Crippen molar-refractivity contribution in [3.05, 3.63) is 0 Å². The summed E-state index contributed by atoms with van der Waals surface area (Å²) in [7, 11) is 0. The molecule has 0 aromatic carbocycles. The van der Waals surface area contributed by atoms with Gasteiger partial charge in [0.2, 0.25) is 0 Å². The summed E-state index contributed by atoms with van der Waals surface area (Å²) in [6, 6.07) is 0. The molecule has 0 aliphatic carbocycles. The molecule has 1 fully saturated rings. The van der Waals surface area contributed by atoms with Crippen molar-refractivity contribution in [3.8, 4) is 0 Å². The summed E-state index contributed by atoms with van der Waals surface area (Å²) in [6.45, 7) is 7.01. The second kappa shape index (κ2) is 7.04. The number of nitrogens with one attached hydrogen (secondary N) is 2. The van der Waals surface area contributed by atoms with Gasteiger partial charge >= 0.3 is 0 Å². The van der Waals surface area contributed by atoms with E-state index in [0.29, 0.717) is 5.11 Å². The Kier molecular flexibility index (Phi) is 6.01. The number of hydrogen-bond donors (Lipinski definition) is 2. The molecule has 0 aromatic heterocycles. The van der Waals surface area contributed by atoms with Gasteiger partial charge in [0.1, 0.15) is 6.23 Å². The lowest BCUT2D eigenvalue weighted by Gasteiger charge is -2.33. The Hall–Kier alpha value is -0.390.